The highest BCUT2D eigenvalue weighted by atomic mass is 16.1. The van der Waals surface area contributed by atoms with Gasteiger partial charge in [0.2, 0.25) is 0 Å². The van der Waals surface area contributed by atoms with E-state index in [1.54, 1.807) is 10.9 Å². The molecule has 0 amide bonds. The summed E-state index contributed by atoms with van der Waals surface area (Å²) in [4.78, 5) is 11.7. The summed E-state index contributed by atoms with van der Waals surface area (Å²) in [5.74, 6) is 0.297. The van der Waals surface area contributed by atoms with E-state index in [0.717, 1.165) is 12.8 Å². The SMILES string of the molecule is CCCC(C)C(=O)Cn1cc(CN)nn1. The van der Waals surface area contributed by atoms with Crippen LogP contribution in [0.15, 0.2) is 6.20 Å². The minimum absolute atomic E-state index is 0.0977. The first-order valence-corrected chi connectivity index (χ1v) is 5.29. The lowest BCUT2D eigenvalue weighted by atomic mass is 10.0. The van der Waals surface area contributed by atoms with Gasteiger partial charge in [0.25, 0.3) is 0 Å². The average Bonchev–Trinajstić information content (AvgIpc) is 2.66. The van der Waals surface area contributed by atoms with Crippen molar-refractivity contribution >= 4 is 5.78 Å². The van der Waals surface area contributed by atoms with Crippen LogP contribution < -0.4 is 5.73 Å². The highest BCUT2D eigenvalue weighted by Gasteiger charge is 2.13. The summed E-state index contributed by atoms with van der Waals surface area (Å²) in [7, 11) is 0. The van der Waals surface area contributed by atoms with Crippen molar-refractivity contribution in [3.8, 4) is 0 Å². The van der Waals surface area contributed by atoms with Gasteiger partial charge in [-0.3, -0.25) is 4.79 Å². The molecule has 0 aliphatic carbocycles. The summed E-state index contributed by atoms with van der Waals surface area (Å²) < 4.78 is 1.55. The van der Waals surface area contributed by atoms with Crippen molar-refractivity contribution in [1.82, 2.24) is 15.0 Å². The smallest absolute Gasteiger partial charge is 0.157 e. The monoisotopic (exact) mass is 210 g/mol. The molecule has 84 valence electrons. The molecule has 0 saturated carbocycles. The second-order valence-electron chi connectivity index (χ2n) is 3.77. The maximum Gasteiger partial charge on any atom is 0.157 e. The van der Waals surface area contributed by atoms with Crippen molar-refractivity contribution in [2.75, 3.05) is 0 Å². The van der Waals surface area contributed by atoms with Crippen LogP contribution in [-0.4, -0.2) is 20.8 Å². The molecular formula is C10H18N4O. The van der Waals surface area contributed by atoms with E-state index in [2.05, 4.69) is 17.2 Å². The molecule has 2 N–H and O–H groups in total. The van der Waals surface area contributed by atoms with E-state index < -0.39 is 0 Å². The Labute approximate surface area is 89.6 Å². The number of rotatable bonds is 6. The molecule has 5 nitrogen and oxygen atoms in total. The van der Waals surface area contributed by atoms with E-state index in [4.69, 9.17) is 5.73 Å². The number of hydrogen-bond acceptors (Lipinski definition) is 4. The quantitative estimate of drug-likeness (QED) is 0.751. The van der Waals surface area contributed by atoms with Crippen molar-refractivity contribution < 1.29 is 4.79 Å². The van der Waals surface area contributed by atoms with Gasteiger partial charge < -0.3 is 5.73 Å². The first kappa shape index (κ1) is 11.8. The Kier molecular flexibility index (Phi) is 4.42. The lowest BCUT2D eigenvalue weighted by Gasteiger charge is -2.07. The average molecular weight is 210 g/mol. The number of Topliss-reactive ketones (excluding diaryl/α,β-unsaturated/α-hetero) is 1. The fraction of sp³-hybridized carbons (Fsp3) is 0.700. The number of nitrogens with two attached hydrogens (primary N) is 1. The molecule has 1 rings (SSSR count). The molecule has 0 aromatic carbocycles. The summed E-state index contributed by atoms with van der Waals surface area (Å²) in [6, 6.07) is 0. The molecule has 1 unspecified atom stereocenters. The Morgan fingerprint density at radius 3 is 2.93 bits per heavy atom. The predicted molar refractivity (Wildman–Crippen MR) is 57.0 cm³/mol. The van der Waals surface area contributed by atoms with Crippen LogP contribution in [0.2, 0.25) is 0 Å². The van der Waals surface area contributed by atoms with Crippen molar-refractivity contribution in [2.24, 2.45) is 11.7 Å². The normalized spacial score (nSPS) is 12.7. The number of carbonyl (C=O) groups excluding carboxylic acids is 1. The number of aromatic nitrogens is 3. The third-order valence-corrected chi connectivity index (χ3v) is 2.38. The first-order valence-electron chi connectivity index (χ1n) is 5.29. The predicted octanol–water partition coefficient (Wildman–Crippen LogP) is 0.742. The van der Waals surface area contributed by atoms with Crippen molar-refractivity contribution in [1.29, 1.82) is 0 Å². The fourth-order valence-corrected chi connectivity index (χ4v) is 1.42. The molecule has 1 atom stereocenters. The van der Waals surface area contributed by atoms with E-state index in [9.17, 15) is 4.79 Å². The highest BCUT2D eigenvalue weighted by molar-refractivity contribution is 5.80. The summed E-state index contributed by atoms with van der Waals surface area (Å²) in [6.07, 6.45) is 3.67. The maximum absolute atomic E-state index is 11.7. The van der Waals surface area contributed by atoms with Gasteiger partial charge in [0.05, 0.1) is 11.9 Å². The van der Waals surface area contributed by atoms with Gasteiger partial charge in [-0.1, -0.05) is 25.5 Å². The largest absolute Gasteiger partial charge is 0.325 e. The second kappa shape index (κ2) is 5.60. The van der Waals surface area contributed by atoms with Gasteiger partial charge in [-0.2, -0.15) is 0 Å². The van der Waals surface area contributed by atoms with E-state index in [0.29, 0.717) is 18.8 Å². The zero-order valence-corrected chi connectivity index (χ0v) is 9.31. The van der Waals surface area contributed by atoms with Crippen LogP contribution in [0, 0.1) is 5.92 Å². The second-order valence-corrected chi connectivity index (χ2v) is 3.77. The summed E-state index contributed by atoms with van der Waals surface area (Å²) in [6.45, 7) is 4.69. The molecule has 0 bridgehead atoms. The van der Waals surface area contributed by atoms with Gasteiger partial charge >= 0.3 is 0 Å². The van der Waals surface area contributed by atoms with E-state index in [1.807, 2.05) is 6.92 Å². The van der Waals surface area contributed by atoms with Crippen molar-refractivity contribution in [3.63, 3.8) is 0 Å². The third kappa shape index (κ3) is 3.43. The van der Waals surface area contributed by atoms with Gasteiger partial charge in [-0.25, -0.2) is 4.68 Å². The van der Waals surface area contributed by atoms with Gasteiger partial charge in [-0.15, -0.1) is 5.10 Å². The van der Waals surface area contributed by atoms with Crippen LogP contribution in [-0.2, 0) is 17.9 Å². The Morgan fingerprint density at radius 2 is 2.40 bits per heavy atom. The Hall–Kier alpha value is -1.23. The van der Waals surface area contributed by atoms with Crippen molar-refractivity contribution in [3.05, 3.63) is 11.9 Å². The van der Waals surface area contributed by atoms with E-state index in [1.165, 1.54) is 0 Å². The molecule has 0 fully saturated rings. The van der Waals surface area contributed by atoms with Crippen LogP contribution in [0.3, 0.4) is 0 Å². The van der Waals surface area contributed by atoms with Gasteiger partial charge in [-0.05, 0) is 6.42 Å². The summed E-state index contributed by atoms with van der Waals surface area (Å²) >= 11 is 0. The lowest BCUT2D eigenvalue weighted by Crippen LogP contribution is -2.18. The van der Waals surface area contributed by atoms with Crippen LogP contribution in [0.4, 0.5) is 0 Å². The molecule has 5 heteroatoms. The molecule has 0 spiro atoms. The van der Waals surface area contributed by atoms with E-state index in [-0.39, 0.29) is 11.7 Å². The zero-order chi connectivity index (χ0) is 11.3. The zero-order valence-electron chi connectivity index (χ0n) is 9.31. The molecule has 15 heavy (non-hydrogen) atoms. The van der Waals surface area contributed by atoms with Gasteiger partial charge in [0.1, 0.15) is 6.54 Å². The maximum atomic E-state index is 11.7. The highest BCUT2D eigenvalue weighted by Crippen LogP contribution is 2.07. The third-order valence-electron chi connectivity index (χ3n) is 2.38. The minimum Gasteiger partial charge on any atom is -0.325 e. The molecule has 1 heterocycles. The number of ketones is 1. The Balaban J connectivity index is 2.50. The first-order chi connectivity index (χ1) is 7.17. The Morgan fingerprint density at radius 1 is 1.67 bits per heavy atom. The standard InChI is InChI=1S/C10H18N4O/c1-3-4-8(2)10(15)7-14-6-9(5-11)12-13-14/h6,8H,3-5,7,11H2,1-2H3. The van der Waals surface area contributed by atoms with Crippen LogP contribution >= 0.6 is 0 Å². The van der Waals surface area contributed by atoms with Gasteiger partial charge in [0.15, 0.2) is 5.78 Å². The van der Waals surface area contributed by atoms with Crippen molar-refractivity contribution in [2.45, 2.75) is 39.8 Å². The van der Waals surface area contributed by atoms with Gasteiger partial charge in [0, 0.05) is 12.5 Å². The van der Waals surface area contributed by atoms with Crippen LogP contribution in [0.25, 0.3) is 0 Å². The number of hydrogen-bond donors (Lipinski definition) is 1. The lowest BCUT2D eigenvalue weighted by molar-refractivity contribution is -0.123. The topological polar surface area (TPSA) is 73.8 Å². The van der Waals surface area contributed by atoms with E-state index >= 15 is 0 Å². The fourth-order valence-electron chi connectivity index (χ4n) is 1.42. The molecule has 0 aliphatic heterocycles. The number of nitrogens with zero attached hydrogens (tertiary/aromatic N) is 3. The van der Waals surface area contributed by atoms with Crippen LogP contribution in [0.1, 0.15) is 32.4 Å². The molecule has 0 aliphatic rings. The molecular weight excluding hydrogens is 192 g/mol. The van der Waals surface area contributed by atoms with Crippen LogP contribution in [0.5, 0.6) is 0 Å². The molecule has 1 aromatic rings. The summed E-state index contributed by atoms with van der Waals surface area (Å²) in [5.41, 5.74) is 6.11. The molecule has 0 radical (unpaired) electrons. The Bertz CT molecular complexity index is 321. The minimum atomic E-state index is 0.0977. The molecule has 0 saturated heterocycles. The molecule has 1 aromatic heterocycles. The number of carbonyl (C=O) groups is 1. The summed E-state index contributed by atoms with van der Waals surface area (Å²) in [5, 5.41) is 7.66.